The maximum absolute atomic E-state index is 5.96. The molecule has 2 aromatic rings. The van der Waals surface area contributed by atoms with Crippen LogP contribution in [0.15, 0.2) is 48.8 Å². The normalized spacial score (nSPS) is 23.3. The van der Waals surface area contributed by atoms with Gasteiger partial charge in [0.1, 0.15) is 0 Å². The molecule has 3 heterocycles. The van der Waals surface area contributed by atoms with Gasteiger partial charge in [0.2, 0.25) is 0 Å². The van der Waals surface area contributed by atoms with Gasteiger partial charge in [-0.3, -0.25) is 14.8 Å². The van der Waals surface area contributed by atoms with Crippen LogP contribution >= 0.6 is 0 Å². The number of aromatic nitrogens is 1. The van der Waals surface area contributed by atoms with E-state index >= 15 is 0 Å². The van der Waals surface area contributed by atoms with Crippen LogP contribution in [0.3, 0.4) is 0 Å². The lowest BCUT2D eigenvalue weighted by Crippen LogP contribution is -2.44. The van der Waals surface area contributed by atoms with E-state index in [1.807, 2.05) is 12.4 Å². The molecule has 2 fully saturated rings. The van der Waals surface area contributed by atoms with E-state index in [0.717, 1.165) is 31.7 Å². The van der Waals surface area contributed by atoms with Crippen molar-refractivity contribution >= 4 is 0 Å². The molecule has 4 heteroatoms. The average Bonchev–Trinajstić information content (AvgIpc) is 3.44. The molecule has 1 aliphatic carbocycles. The molecule has 4 nitrogen and oxygen atoms in total. The standard InChI is InChI=1S/C26H35N3O/c1-2-7-24-16-25(15-23(24)6-1)29-12-9-21(10-13-29)18-28(20-26-8-4-14-30-26)19-22-5-3-11-27-17-22/h1-3,5-7,11,17,21,25-26H,4,8-10,12-16,18-20H2/t26-/m0/s1. The zero-order valence-corrected chi connectivity index (χ0v) is 18.1. The molecule has 1 aromatic heterocycles. The first-order valence-corrected chi connectivity index (χ1v) is 11.9. The zero-order valence-electron chi connectivity index (χ0n) is 18.1. The molecule has 5 rings (SSSR count). The van der Waals surface area contributed by atoms with E-state index in [1.165, 1.54) is 63.7 Å². The van der Waals surface area contributed by atoms with Crippen LogP contribution in [0.25, 0.3) is 0 Å². The molecular formula is C26H35N3O. The predicted molar refractivity (Wildman–Crippen MR) is 120 cm³/mol. The molecule has 30 heavy (non-hydrogen) atoms. The highest BCUT2D eigenvalue weighted by molar-refractivity contribution is 5.33. The van der Waals surface area contributed by atoms with Crippen LogP contribution in [-0.2, 0) is 24.1 Å². The fourth-order valence-corrected chi connectivity index (χ4v) is 5.69. The Balaban J connectivity index is 1.15. The largest absolute Gasteiger partial charge is 0.377 e. The van der Waals surface area contributed by atoms with Gasteiger partial charge in [-0.15, -0.1) is 0 Å². The summed E-state index contributed by atoms with van der Waals surface area (Å²) < 4.78 is 5.96. The first-order valence-electron chi connectivity index (χ1n) is 11.9. The van der Waals surface area contributed by atoms with Crippen LogP contribution in [0, 0.1) is 5.92 Å². The van der Waals surface area contributed by atoms with Gasteiger partial charge in [-0.05, 0) is 80.3 Å². The molecule has 0 spiro atoms. The summed E-state index contributed by atoms with van der Waals surface area (Å²) in [6, 6.07) is 14.0. The number of piperidine rings is 1. The Morgan fingerprint density at radius 2 is 1.77 bits per heavy atom. The van der Waals surface area contributed by atoms with E-state index in [4.69, 9.17) is 4.74 Å². The van der Waals surface area contributed by atoms with Crippen LogP contribution in [0.4, 0.5) is 0 Å². The van der Waals surface area contributed by atoms with Crippen LogP contribution in [-0.4, -0.2) is 59.7 Å². The summed E-state index contributed by atoms with van der Waals surface area (Å²) in [4.78, 5) is 9.73. The van der Waals surface area contributed by atoms with Crippen LogP contribution in [0.1, 0.15) is 42.4 Å². The minimum Gasteiger partial charge on any atom is -0.377 e. The first-order chi connectivity index (χ1) is 14.8. The monoisotopic (exact) mass is 405 g/mol. The Kier molecular flexibility index (Phi) is 6.45. The molecule has 160 valence electrons. The molecule has 0 amide bonds. The van der Waals surface area contributed by atoms with Crippen molar-refractivity contribution < 1.29 is 4.74 Å². The second kappa shape index (κ2) is 9.59. The Bertz CT molecular complexity index is 772. The lowest BCUT2D eigenvalue weighted by atomic mass is 9.94. The summed E-state index contributed by atoms with van der Waals surface area (Å²) in [6.07, 6.45) is 11.9. The fourth-order valence-electron chi connectivity index (χ4n) is 5.69. The number of hydrogen-bond donors (Lipinski definition) is 0. The summed E-state index contributed by atoms with van der Waals surface area (Å²) in [5.41, 5.74) is 4.46. The van der Waals surface area contributed by atoms with Gasteiger partial charge >= 0.3 is 0 Å². The van der Waals surface area contributed by atoms with Crippen molar-refractivity contribution in [1.29, 1.82) is 0 Å². The molecule has 2 aliphatic heterocycles. The fraction of sp³-hybridized carbons (Fsp3) is 0.577. The average molecular weight is 406 g/mol. The summed E-state index contributed by atoms with van der Waals surface area (Å²) in [6.45, 7) is 6.69. The van der Waals surface area contributed by atoms with Gasteiger partial charge in [-0.2, -0.15) is 0 Å². The van der Waals surface area contributed by atoms with Gasteiger partial charge in [0.05, 0.1) is 6.10 Å². The molecular weight excluding hydrogens is 370 g/mol. The van der Waals surface area contributed by atoms with Gasteiger partial charge in [0.15, 0.2) is 0 Å². The van der Waals surface area contributed by atoms with Crippen molar-refractivity contribution in [2.75, 3.05) is 32.8 Å². The molecule has 0 radical (unpaired) electrons. The number of nitrogens with zero attached hydrogens (tertiary/aromatic N) is 3. The van der Waals surface area contributed by atoms with Crippen molar-refractivity contribution in [2.45, 2.75) is 57.2 Å². The highest BCUT2D eigenvalue weighted by Crippen LogP contribution is 2.29. The third-order valence-electron chi connectivity index (χ3n) is 7.33. The predicted octanol–water partition coefficient (Wildman–Crippen LogP) is 3.94. The smallest absolute Gasteiger partial charge is 0.0702 e. The quantitative estimate of drug-likeness (QED) is 0.698. The highest BCUT2D eigenvalue weighted by Gasteiger charge is 2.30. The first kappa shape index (κ1) is 20.2. The third-order valence-corrected chi connectivity index (χ3v) is 7.33. The molecule has 2 saturated heterocycles. The minimum atomic E-state index is 0.416. The van der Waals surface area contributed by atoms with Gasteiger partial charge in [-0.25, -0.2) is 0 Å². The summed E-state index contributed by atoms with van der Waals surface area (Å²) >= 11 is 0. The van der Waals surface area contributed by atoms with E-state index in [9.17, 15) is 0 Å². The number of benzene rings is 1. The summed E-state index contributed by atoms with van der Waals surface area (Å²) in [5, 5.41) is 0. The Hall–Kier alpha value is -1.75. The SMILES string of the molecule is c1cncc(CN(CC2CCN(C3Cc4ccccc4C3)CC2)C[C@@H]2CCCO2)c1. The maximum Gasteiger partial charge on any atom is 0.0702 e. The van der Waals surface area contributed by atoms with Crippen molar-refractivity contribution in [2.24, 2.45) is 5.92 Å². The van der Waals surface area contributed by atoms with Gasteiger partial charge in [0, 0.05) is 44.7 Å². The summed E-state index contributed by atoms with van der Waals surface area (Å²) in [7, 11) is 0. The molecule has 0 saturated carbocycles. The number of likely N-dealkylation sites (tertiary alicyclic amines) is 1. The van der Waals surface area contributed by atoms with Gasteiger partial charge in [0.25, 0.3) is 0 Å². The Labute approximate surface area is 181 Å². The lowest BCUT2D eigenvalue weighted by molar-refractivity contribution is 0.0541. The van der Waals surface area contributed by atoms with Crippen molar-refractivity contribution in [3.05, 3.63) is 65.5 Å². The van der Waals surface area contributed by atoms with Crippen LogP contribution in [0.2, 0.25) is 0 Å². The number of pyridine rings is 1. The Morgan fingerprint density at radius 3 is 2.43 bits per heavy atom. The van der Waals surface area contributed by atoms with E-state index in [-0.39, 0.29) is 0 Å². The molecule has 0 unspecified atom stereocenters. The topological polar surface area (TPSA) is 28.6 Å². The second-order valence-corrected chi connectivity index (χ2v) is 9.50. The van der Waals surface area contributed by atoms with Crippen LogP contribution in [0.5, 0.6) is 0 Å². The molecule has 3 aliphatic rings. The van der Waals surface area contributed by atoms with E-state index in [2.05, 4.69) is 51.2 Å². The van der Waals surface area contributed by atoms with Crippen molar-refractivity contribution in [3.8, 4) is 0 Å². The lowest BCUT2D eigenvalue weighted by Gasteiger charge is -2.38. The molecule has 0 N–H and O–H groups in total. The number of ether oxygens (including phenoxy) is 1. The minimum absolute atomic E-state index is 0.416. The van der Waals surface area contributed by atoms with Crippen LogP contribution < -0.4 is 0 Å². The molecule has 0 bridgehead atoms. The Morgan fingerprint density at radius 1 is 0.967 bits per heavy atom. The maximum atomic E-state index is 5.96. The summed E-state index contributed by atoms with van der Waals surface area (Å²) in [5.74, 6) is 0.795. The molecule has 1 aromatic carbocycles. The number of hydrogen-bond acceptors (Lipinski definition) is 4. The second-order valence-electron chi connectivity index (χ2n) is 9.50. The zero-order chi connectivity index (χ0) is 20.2. The number of rotatable bonds is 7. The van der Waals surface area contributed by atoms with Gasteiger partial charge < -0.3 is 4.74 Å². The van der Waals surface area contributed by atoms with E-state index in [1.54, 1.807) is 11.1 Å². The number of fused-ring (bicyclic) bond motifs is 1. The molecule has 1 atom stereocenters. The van der Waals surface area contributed by atoms with Gasteiger partial charge in [-0.1, -0.05) is 30.3 Å². The van der Waals surface area contributed by atoms with Crippen molar-refractivity contribution in [3.63, 3.8) is 0 Å². The highest BCUT2D eigenvalue weighted by atomic mass is 16.5. The van der Waals surface area contributed by atoms with E-state index < -0.39 is 0 Å². The third kappa shape index (κ3) is 4.93. The van der Waals surface area contributed by atoms with Crippen molar-refractivity contribution in [1.82, 2.24) is 14.8 Å². The van der Waals surface area contributed by atoms with E-state index in [0.29, 0.717) is 6.10 Å².